The van der Waals surface area contributed by atoms with E-state index in [-0.39, 0.29) is 11.8 Å². The van der Waals surface area contributed by atoms with Crippen LogP contribution in [0.5, 0.6) is 0 Å². The molecule has 1 atom stereocenters. The number of amides is 2. The number of para-hydroxylation sites is 1. The van der Waals surface area contributed by atoms with Crippen molar-refractivity contribution in [2.75, 3.05) is 36.0 Å². The Labute approximate surface area is 195 Å². The fraction of sp³-hybridized carbons (Fsp3) is 0.462. The van der Waals surface area contributed by atoms with Crippen molar-refractivity contribution in [1.82, 2.24) is 5.32 Å². The molecule has 0 radical (unpaired) electrons. The number of halogens is 1. The van der Waals surface area contributed by atoms with Gasteiger partial charge in [-0.3, -0.25) is 9.59 Å². The molecule has 6 heteroatoms. The topological polar surface area (TPSA) is 52.7 Å². The van der Waals surface area contributed by atoms with Crippen LogP contribution in [0.1, 0.15) is 55.5 Å². The van der Waals surface area contributed by atoms with Gasteiger partial charge in [-0.1, -0.05) is 43.6 Å². The van der Waals surface area contributed by atoms with Crippen molar-refractivity contribution in [3.05, 3.63) is 58.6 Å². The molecule has 1 N–H and O–H groups in total. The van der Waals surface area contributed by atoms with Gasteiger partial charge in [0.05, 0.1) is 16.0 Å². The standard InChI is InChI=1S/C26H32ClN3O2/c1-3-13-28-25(32)26(2)12-16-30(23-9-5-4-8-19(23)18-26)24(31)21-11-10-20(17-22(21)27)29-14-6-7-15-29/h4-5,8-11,17H,3,6-7,12-16,18H2,1-2H3,(H,28,32). The van der Waals surface area contributed by atoms with Crippen molar-refractivity contribution in [2.24, 2.45) is 5.41 Å². The number of rotatable bonds is 5. The fourth-order valence-corrected chi connectivity index (χ4v) is 5.02. The molecule has 2 aromatic rings. The van der Waals surface area contributed by atoms with E-state index in [4.69, 9.17) is 11.6 Å². The number of hydrogen-bond donors (Lipinski definition) is 1. The molecule has 5 nitrogen and oxygen atoms in total. The van der Waals surface area contributed by atoms with Crippen LogP contribution in [0.25, 0.3) is 0 Å². The number of anilines is 2. The number of nitrogens with zero attached hydrogens (tertiary/aromatic N) is 2. The minimum absolute atomic E-state index is 0.0523. The van der Waals surface area contributed by atoms with Gasteiger partial charge < -0.3 is 15.1 Å². The van der Waals surface area contributed by atoms with Gasteiger partial charge in [0, 0.05) is 37.6 Å². The van der Waals surface area contributed by atoms with E-state index >= 15 is 0 Å². The maximum absolute atomic E-state index is 13.6. The summed E-state index contributed by atoms with van der Waals surface area (Å²) < 4.78 is 0. The third kappa shape index (κ3) is 4.49. The van der Waals surface area contributed by atoms with E-state index in [0.717, 1.165) is 36.4 Å². The second-order valence-corrected chi connectivity index (χ2v) is 9.59. The second kappa shape index (κ2) is 9.53. The molecule has 32 heavy (non-hydrogen) atoms. The van der Waals surface area contributed by atoms with Crippen molar-refractivity contribution in [3.8, 4) is 0 Å². The van der Waals surface area contributed by atoms with Crippen LogP contribution in [-0.2, 0) is 11.2 Å². The summed E-state index contributed by atoms with van der Waals surface area (Å²) in [4.78, 5) is 30.7. The SMILES string of the molecule is CCCNC(=O)C1(C)CCN(C(=O)c2ccc(N3CCCC3)cc2Cl)c2ccccc2C1. The first-order valence-electron chi connectivity index (χ1n) is 11.7. The maximum atomic E-state index is 13.6. The summed E-state index contributed by atoms with van der Waals surface area (Å²) >= 11 is 6.62. The van der Waals surface area contributed by atoms with E-state index in [1.54, 1.807) is 4.90 Å². The van der Waals surface area contributed by atoms with Crippen LogP contribution in [0, 0.1) is 5.41 Å². The molecular formula is C26H32ClN3O2. The minimum Gasteiger partial charge on any atom is -0.371 e. The van der Waals surface area contributed by atoms with Crippen molar-refractivity contribution in [3.63, 3.8) is 0 Å². The minimum atomic E-state index is -0.566. The van der Waals surface area contributed by atoms with Gasteiger partial charge in [-0.2, -0.15) is 0 Å². The van der Waals surface area contributed by atoms with Crippen LogP contribution in [0.4, 0.5) is 11.4 Å². The van der Waals surface area contributed by atoms with Gasteiger partial charge in [-0.25, -0.2) is 0 Å². The lowest BCUT2D eigenvalue weighted by Crippen LogP contribution is -2.42. The summed E-state index contributed by atoms with van der Waals surface area (Å²) in [7, 11) is 0. The number of hydrogen-bond acceptors (Lipinski definition) is 3. The van der Waals surface area contributed by atoms with Crippen LogP contribution in [-0.4, -0.2) is 38.0 Å². The predicted octanol–water partition coefficient (Wildman–Crippen LogP) is 5.07. The molecule has 2 heterocycles. The summed E-state index contributed by atoms with van der Waals surface area (Å²) in [6.07, 6.45) is 4.46. The van der Waals surface area contributed by atoms with Crippen LogP contribution in [0.15, 0.2) is 42.5 Å². The van der Waals surface area contributed by atoms with Crippen LogP contribution in [0.3, 0.4) is 0 Å². The number of carbonyl (C=O) groups is 2. The van der Waals surface area contributed by atoms with Gasteiger partial charge >= 0.3 is 0 Å². The molecular weight excluding hydrogens is 422 g/mol. The molecule has 0 aliphatic carbocycles. The Hall–Kier alpha value is -2.53. The lowest BCUT2D eigenvalue weighted by atomic mass is 9.80. The highest BCUT2D eigenvalue weighted by molar-refractivity contribution is 6.34. The zero-order valence-electron chi connectivity index (χ0n) is 19.0. The highest BCUT2D eigenvalue weighted by atomic mass is 35.5. The van der Waals surface area contributed by atoms with Gasteiger partial charge in [0.25, 0.3) is 5.91 Å². The van der Waals surface area contributed by atoms with Crippen molar-refractivity contribution >= 4 is 34.8 Å². The molecule has 170 valence electrons. The molecule has 2 amide bonds. The summed E-state index contributed by atoms with van der Waals surface area (Å²) in [6.45, 7) is 7.24. The number of fused-ring (bicyclic) bond motifs is 1. The van der Waals surface area contributed by atoms with Gasteiger partial charge in [0.2, 0.25) is 5.91 Å². The van der Waals surface area contributed by atoms with Crippen molar-refractivity contribution in [1.29, 1.82) is 0 Å². The molecule has 0 aromatic heterocycles. The Morgan fingerprint density at radius 1 is 1.09 bits per heavy atom. The third-order valence-corrected chi connectivity index (χ3v) is 7.05. The number of carbonyl (C=O) groups excluding carboxylic acids is 2. The highest BCUT2D eigenvalue weighted by Crippen LogP contribution is 2.38. The fourth-order valence-electron chi connectivity index (χ4n) is 4.76. The smallest absolute Gasteiger partial charge is 0.259 e. The molecule has 1 fully saturated rings. The summed E-state index contributed by atoms with van der Waals surface area (Å²) in [5.41, 5.74) is 2.88. The zero-order valence-corrected chi connectivity index (χ0v) is 19.8. The molecule has 2 aromatic carbocycles. The van der Waals surface area contributed by atoms with Crippen molar-refractivity contribution in [2.45, 2.75) is 46.0 Å². The normalized spacial score (nSPS) is 20.6. The van der Waals surface area contributed by atoms with Gasteiger partial charge in [-0.15, -0.1) is 0 Å². The van der Waals surface area contributed by atoms with E-state index < -0.39 is 5.41 Å². The zero-order chi connectivity index (χ0) is 22.7. The third-order valence-electron chi connectivity index (χ3n) is 6.73. The van der Waals surface area contributed by atoms with E-state index in [2.05, 4.69) is 10.2 Å². The Bertz CT molecular complexity index is 1000. The first kappa shape index (κ1) is 22.7. The Morgan fingerprint density at radius 2 is 1.84 bits per heavy atom. The first-order valence-corrected chi connectivity index (χ1v) is 12.0. The molecule has 0 bridgehead atoms. The summed E-state index contributed by atoms with van der Waals surface area (Å²) in [5.74, 6) is -0.0647. The largest absolute Gasteiger partial charge is 0.371 e. The molecule has 2 aliphatic heterocycles. The molecule has 0 saturated carbocycles. The quantitative estimate of drug-likeness (QED) is 0.687. The summed E-state index contributed by atoms with van der Waals surface area (Å²) in [5, 5.41) is 3.53. The lowest BCUT2D eigenvalue weighted by Gasteiger charge is -2.27. The molecule has 4 rings (SSSR count). The maximum Gasteiger partial charge on any atom is 0.259 e. The molecule has 0 spiro atoms. The van der Waals surface area contributed by atoms with Gasteiger partial charge in [0.1, 0.15) is 0 Å². The highest BCUT2D eigenvalue weighted by Gasteiger charge is 2.38. The Balaban J connectivity index is 1.62. The van der Waals surface area contributed by atoms with E-state index in [9.17, 15) is 9.59 Å². The number of benzene rings is 2. The second-order valence-electron chi connectivity index (χ2n) is 9.19. The summed E-state index contributed by atoms with van der Waals surface area (Å²) in [6, 6.07) is 13.6. The van der Waals surface area contributed by atoms with Gasteiger partial charge in [0.15, 0.2) is 0 Å². The first-order chi connectivity index (χ1) is 15.4. The Morgan fingerprint density at radius 3 is 2.56 bits per heavy atom. The van der Waals surface area contributed by atoms with Crippen LogP contribution >= 0.6 is 11.6 Å². The van der Waals surface area contributed by atoms with E-state index in [0.29, 0.717) is 36.5 Å². The molecule has 1 saturated heterocycles. The molecule has 1 unspecified atom stereocenters. The number of nitrogens with one attached hydrogen (secondary N) is 1. The Kier molecular flexibility index (Phi) is 6.75. The van der Waals surface area contributed by atoms with Crippen molar-refractivity contribution < 1.29 is 9.59 Å². The monoisotopic (exact) mass is 453 g/mol. The molecule has 2 aliphatic rings. The van der Waals surface area contributed by atoms with Crippen LogP contribution in [0.2, 0.25) is 5.02 Å². The average Bonchev–Trinajstić information content (AvgIpc) is 3.28. The van der Waals surface area contributed by atoms with Crippen LogP contribution < -0.4 is 15.1 Å². The average molecular weight is 454 g/mol. The van der Waals surface area contributed by atoms with E-state index in [1.807, 2.05) is 56.3 Å². The van der Waals surface area contributed by atoms with E-state index in [1.165, 1.54) is 12.8 Å². The lowest BCUT2D eigenvalue weighted by molar-refractivity contribution is -0.130. The van der Waals surface area contributed by atoms with Gasteiger partial charge in [-0.05, 0) is 61.9 Å². The predicted molar refractivity (Wildman–Crippen MR) is 131 cm³/mol.